The lowest BCUT2D eigenvalue weighted by molar-refractivity contribution is 0.0824. The van der Waals surface area contributed by atoms with Gasteiger partial charge in [-0.25, -0.2) is 4.68 Å². The van der Waals surface area contributed by atoms with Crippen LogP contribution in [-0.4, -0.2) is 51.7 Å². The fourth-order valence-electron chi connectivity index (χ4n) is 4.25. The number of benzene rings is 3. The monoisotopic (exact) mass is 507 g/mol. The van der Waals surface area contributed by atoms with Gasteiger partial charge in [0.15, 0.2) is 0 Å². The molecule has 5 rings (SSSR count). The number of nitrogens with two attached hydrogens (primary N) is 1. The number of nitrogen functional groups attached to an aromatic ring is 1. The van der Waals surface area contributed by atoms with Gasteiger partial charge in [0.1, 0.15) is 23.6 Å². The molecule has 0 saturated carbocycles. The van der Waals surface area contributed by atoms with Crippen molar-refractivity contribution in [2.24, 2.45) is 0 Å². The minimum absolute atomic E-state index is 0.158. The maximum Gasteiger partial charge on any atom is 0.257 e. The molecule has 0 saturated heterocycles. The third-order valence-electron chi connectivity index (χ3n) is 6.22. The molecule has 0 atom stereocenters. The van der Waals surface area contributed by atoms with Gasteiger partial charge in [0.05, 0.1) is 28.7 Å². The number of fused-ring (bicyclic) bond motifs is 1. The second-order valence-electron chi connectivity index (χ2n) is 9.08. The SMILES string of the molecule is Cc1cc(Oc2ccccc2C(=O)N(C)C)ccc1-n1ncc(C(=O)c2cc3cc(C=O)ccc3[nH]2)c1N. The van der Waals surface area contributed by atoms with Gasteiger partial charge in [-0.3, -0.25) is 14.4 Å². The smallest absolute Gasteiger partial charge is 0.257 e. The molecule has 9 nitrogen and oxygen atoms in total. The van der Waals surface area contributed by atoms with Gasteiger partial charge < -0.3 is 20.4 Å². The van der Waals surface area contributed by atoms with E-state index in [1.54, 1.807) is 74.8 Å². The van der Waals surface area contributed by atoms with E-state index in [1.807, 2.05) is 13.0 Å². The van der Waals surface area contributed by atoms with Crippen molar-refractivity contribution < 1.29 is 19.1 Å². The van der Waals surface area contributed by atoms with Crippen LogP contribution in [0, 0.1) is 6.92 Å². The highest BCUT2D eigenvalue weighted by molar-refractivity contribution is 6.12. The maximum absolute atomic E-state index is 13.2. The summed E-state index contributed by atoms with van der Waals surface area (Å²) in [6, 6.07) is 19.3. The van der Waals surface area contributed by atoms with Gasteiger partial charge in [-0.2, -0.15) is 5.10 Å². The number of aldehydes is 1. The number of para-hydroxylation sites is 1. The van der Waals surface area contributed by atoms with Crippen LogP contribution in [0.1, 0.15) is 42.3 Å². The minimum atomic E-state index is -0.308. The van der Waals surface area contributed by atoms with Crippen molar-refractivity contribution in [2.75, 3.05) is 19.8 Å². The van der Waals surface area contributed by atoms with Gasteiger partial charge >= 0.3 is 0 Å². The van der Waals surface area contributed by atoms with Gasteiger partial charge in [-0.05, 0) is 67.1 Å². The van der Waals surface area contributed by atoms with Crippen LogP contribution >= 0.6 is 0 Å². The van der Waals surface area contributed by atoms with Crippen LogP contribution in [0.2, 0.25) is 0 Å². The number of nitrogens with zero attached hydrogens (tertiary/aromatic N) is 3. The lowest BCUT2D eigenvalue weighted by Crippen LogP contribution is -2.22. The first-order chi connectivity index (χ1) is 18.3. The zero-order chi connectivity index (χ0) is 27.0. The second kappa shape index (κ2) is 9.70. The number of nitrogens with one attached hydrogen (secondary N) is 1. The van der Waals surface area contributed by atoms with Gasteiger partial charge in [-0.1, -0.05) is 12.1 Å². The van der Waals surface area contributed by atoms with E-state index in [0.29, 0.717) is 34.0 Å². The molecule has 2 heterocycles. The fourth-order valence-corrected chi connectivity index (χ4v) is 4.25. The molecule has 0 aliphatic carbocycles. The van der Waals surface area contributed by atoms with Crippen molar-refractivity contribution in [3.63, 3.8) is 0 Å². The lowest BCUT2D eigenvalue weighted by atomic mass is 10.1. The van der Waals surface area contributed by atoms with E-state index in [0.717, 1.165) is 22.8 Å². The molecule has 38 heavy (non-hydrogen) atoms. The Hall–Kier alpha value is -5.18. The zero-order valence-corrected chi connectivity index (χ0v) is 21.1. The average Bonchev–Trinajstić information content (AvgIpc) is 3.51. The molecule has 0 fully saturated rings. The van der Waals surface area contributed by atoms with Crippen LogP contribution in [0.5, 0.6) is 11.5 Å². The Kier molecular flexibility index (Phi) is 6.26. The van der Waals surface area contributed by atoms with Crippen LogP contribution in [0.25, 0.3) is 16.6 Å². The first kappa shape index (κ1) is 24.5. The summed E-state index contributed by atoms with van der Waals surface area (Å²) in [5.74, 6) is 0.719. The van der Waals surface area contributed by atoms with Crippen molar-refractivity contribution in [3.05, 3.63) is 101 Å². The van der Waals surface area contributed by atoms with Crippen molar-refractivity contribution >= 4 is 34.7 Å². The Labute approximate surface area is 218 Å². The van der Waals surface area contributed by atoms with E-state index in [2.05, 4.69) is 10.1 Å². The van der Waals surface area contributed by atoms with E-state index in [1.165, 1.54) is 15.8 Å². The number of aromatic amines is 1. The number of amides is 1. The van der Waals surface area contributed by atoms with Crippen molar-refractivity contribution in [3.8, 4) is 17.2 Å². The van der Waals surface area contributed by atoms with Crippen LogP contribution in [-0.2, 0) is 0 Å². The summed E-state index contributed by atoms with van der Waals surface area (Å²) in [6.45, 7) is 1.88. The molecule has 5 aromatic rings. The Morgan fingerprint density at radius 2 is 1.82 bits per heavy atom. The third-order valence-corrected chi connectivity index (χ3v) is 6.22. The van der Waals surface area contributed by atoms with Gasteiger partial charge in [0, 0.05) is 30.6 Å². The average molecular weight is 508 g/mol. The summed E-state index contributed by atoms with van der Waals surface area (Å²) >= 11 is 0. The highest BCUT2D eigenvalue weighted by atomic mass is 16.5. The molecular formula is C29H25N5O4. The van der Waals surface area contributed by atoms with E-state index in [4.69, 9.17) is 10.5 Å². The summed E-state index contributed by atoms with van der Waals surface area (Å²) < 4.78 is 7.54. The number of aryl methyl sites for hydroxylation is 1. The van der Waals surface area contributed by atoms with Crippen molar-refractivity contribution in [2.45, 2.75) is 6.92 Å². The Morgan fingerprint density at radius 1 is 1.03 bits per heavy atom. The first-order valence-corrected chi connectivity index (χ1v) is 11.8. The number of carbonyl (C=O) groups excluding carboxylic acids is 3. The number of ether oxygens (including phenoxy) is 1. The number of hydrogen-bond donors (Lipinski definition) is 2. The van der Waals surface area contributed by atoms with Crippen LogP contribution in [0.4, 0.5) is 5.82 Å². The maximum atomic E-state index is 13.2. The van der Waals surface area contributed by atoms with Gasteiger partial charge in [-0.15, -0.1) is 0 Å². The number of carbonyl (C=O) groups is 3. The molecule has 3 aromatic carbocycles. The summed E-state index contributed by atoms with van der Waals surface area (Å²) in [6.07, 6.45) is 2.20. The molecule has 190 valence electrons. The van der Waals surface area contributed by atoms with Crippen LogP contribution < -0.4 is 10.5 Å². The van der Waals surface area contributed by atoms with Crippen LogP contribution in [0.15, 0.2) is 72.9 Å². The molecule has 3 N–H and O–H groups in total. The zero-order valence-electron chi connectivity index (χ0n) is 21.1. The molecule has 9 heteroatoms. The molecule has 1 amide bonds. The Morgan fingerprint density at radius 3 is 2.55 bits per heavy atom. The molecule has 0 aliphatic rings. The second-order valence-corrected chi connectivity index (χ2v) is 9.08. The van der Waals surface area contributed by atoms with E-state index in [9.17, 15) is 14.4 Å². The van der Waals surface area contributed by atoms with Gasteiger partial charge in [0.2, 0.25) is 5.78 Å². The standard InChI is InChI=1S/C29H25N5O4/c1-17-12-20(38-26-7-5-4-6-21(26)29(37)33(2)3)9-11-25(17)34-28(30)22(15-31-34)27(36)24-14-19-13-18(16-35)8-10-23(19)32-24/h4-16,32H,30H2,1-3H3. The van der Waals surface area contributed by atoms with Crippen molar-refractivity contribution in [1.82, 2.24) is 19.7 Å². The van der Waals surface area contributed by atoms with Crippen molar-refractivity contribution in [1.29, 1.82) is 0 Å². The molecule has 2 aromatic heterocycles. The largest absolute Gasteiger partial charge is 0.457 e. The number of hydrogen-bond acceptors (Lipinski definition) is 6. The van der Waals surface area contributed by atoms with E-state index in [-0.39, 0.29) is 23.1 Å². The lowest BCUT2D eigenvalue weighted by Gasteiger charge is -2.15. The number of ketones is 1. The normalized spacial score (nSPS) is 10.9. The molecule has 0 unspecified atom stereocenters. The fraction of sp³-hybridized carbons (Fsp3) is 0.103. The summed E-state index contributed by atoms with van der Waals surface area (Å²) in [4.78, 5) is 41.4. The third kappa shape index (κ3) is 4.41. The molecule has 0 spiro atoms. The molecular weight excluding hydrogens is 482 g/mol. The molecule has 0 aliphatic heterocycles. The number of H-pyrrole nitrogens is 1. The Balaban J connectivity index is 1.42. The summed E-state index contributed by atoms with van der Waals surface area (Å²) in [5.41, 5.74) is 10.2. The first-order valence-electron chi connectivity index (χ1n) is 11.8. The summed E-state index contributed by atoms with van der Waals surface area (Å²) in [5, 5.41) is 5.12. The van der Waals surface area contributed by atoms with Crippen LogP contribution in [0.3, 0.4) is 0 Å². The predicted octanol–water partition coefficient (Wildman–Crippen LogP) is 4.78. The number of aromatic nitrogens is 3. The molecule has 0 bridgehead atoms. The topological polar surface area (TPSA) is 123 Å². The highest BCUT2D eigenvalue weighted by Gasteiger charge is 2.21. The Bertz CT molecular complexity index is 1710. The van der Waals surface area contributed by atoms with E-state index < -0.39 is 0 Å². The highest BCUT2D eigenvalue weighted by Crippen LogP contribution is 2.30. The predicted molar refractivity (Wildman–Crippen MR) is 144 cm³/mol. The van der Waals surface area contributed by atoms with Gasteiger partial charge in [0.25, 0.3) is 5.91 Å². The minimum Gasteiger partial charge on any atom is -0.457 e. The van der Waals surface area contributed by atoms with E-state index >= 15 is 0 Å². The molecule has 0 radical (unpaired) electrons. The number of rotatable bonds is 7. The quantitative estimate of drug-likeness (QED) is 0.241. The summed E-state index contributed by atoms with van der Waals surface area (Å²) in [7, 11) is 3.38. The number of anilines is 1.